The Hall–Kier alpha value is -3.21. The molecule has 11 heteroatoms. The SMILES string of the molecule is C=C(C)COc1ccccc1S(=O)(=O)NC(=O)Nc1nc(C)nc(OC)n1. The Morgan fingerprint density at radius 3 is 2.59 bits per heavy atom. The summed E-state index contributed by atoms with van der Waals surface area (Å²) in [5.74, 6) is 0.232. The molecule has 0 aliphatic carbocycles. The molecule has 0 saturated heterocycles. The predicted molar refractivity (Wildman–Crippen MR) is 97.2 cm³/mol. The van der Waals surface area contributed by atoms with Gasteiger partial charge in [-0.1, -0.05) is 18.7 Å². The Morgan fingerprint density at radius 2 is 1.93 bits per heavy atom. The van der Waals surface area contributed by atoms with Crippen LogP contribution >= 0.6 is 0 Å². The molecule has 0 fully saturated rings. The number of rotatable bonds is 7. The van der Waals surface area contributed by atoms with Crippen LogP contribution in [-0.4, -0.2) is 43.1 Å². The number of amides is 2. The Morgan fingerprint density at radius 1 is 1.22 bits per heavy atom. The summed E-state index contributed by atoms with van der Waals surface area (Å²) in [4.78, 5) is 23.5. The Kier molecular flexibility index (Phi) is 6.29. The number of hydrogen-bond acceptors (Lipinski definition) is 8. The number of benzene rings is 1. The van der Waals surface area contributed by atoms with Crippen molar-refractivity contribution in [2.75, 3.05) is 19.0 Å². The van der Waals surface area contributed by atoms with Crippen molar-refractivity contribution in [1.82, 2.24) is 19.7 Å². The van der Waals surface area contributed by atoms with Crippen LogP contribution in [0.1, 0.15) is 12.7 Å². The summed E-state index contributed by atoms with van der Waals surface area (Å²) in [6.45, 7) is 7.15. The first-order valence-electron chi connectivity index (χ1n) is 7.68. The van der Waals surface area contributed by atoms with Gasteiger partial charge in [0, 0.05) is 0 Å². The fourth-order valence-electron chi connectivity index (χ4n) is 1.90. The lowest BCUT2D eigenvalue weighted by atomic mass is 10.3. The van der Waals surface area contributed by atoms with Gasteiger partial charge in [-0.15, -0.1) is 0 Å². The van der Waals surface area contributed by atoms with Gasteiger partial charge < -0.3 is 9.47 Å². The average molecular weight is 393 g/mol. The molecule has 2 N–H and O–H groups in total. The van der Waals surface area contributed by atoms with E-state index in [9.17, 15) is 13.2 Å². The molecule has 0 aliphatic heterocycles. The molecule has 2 aromatic rings. The van der Waals surface area contributed by atoms with Gasteiger partial charge in [-0.2, -0.15) is 15.0 Å². The van der Waals surface area contributed by atoms with Gasteiger partial charge in [-0.25, -0.2) is 17.9 Å². The first-order valence-corrected chi connectivity index (χ1v) is 9.16. The monoisotopic (exact) mass is 393 g/mol. The van der Waals surface area contributed by atoms with E-state index >= 15 is 0 Å². The molecule has 10 nitrogen and oxygen atoms in total. The van der Waals surface area contributed by atoms with Crippen LogP contribution in [0.25, 0.3) is 0 Å². The smallest absolute Gasteiger partial charge is 0.335 e. The summed E-state index contributed by atoms with van der Waals surface area (Å²) in [7, 11) is -2.85. The molecule has 0 unspecified atom stereocenters. The van der Waals surface area contributed by atoms with Gasteiger partial charge in [0.15, 0.2) is 0 Å². The van der Waals surface area contributed by atoms with Crippen molar-refractivity contribution in [3.8, 4) is 11.8 Å². The molecule has 0 spiro atoms. The lowest BCUT2D eigenvalue weighted by Gasteiger charge is -2.13. The maximum atomic E-state index is 12.5. The predicted octanol–water partition coefficient (Wildman–Crippen LogP) is 1.65. The van der Waals surface area contributed by atoms with Crippen molar-refractivity contribution in [3.63, 3.8) is 0 Å². The summed E-state index contributed by atoms with van der Waals surface area (Å²) in [6.07, 6.45) is 0. The van der Waals surface area contributed by atoms with E-state index in [4.69, 9.17) is 9.47 Å². The molecule has 2 rings (SSSR count). The van der Waals surface area contributed by atoms with Crippen molar-refractivity contribution in [1.29, 1.82) is 0 Å². The second kappa shape index (κ2) is 8.45. The van der Waals surface area contributed by atoms with Crippen LogP contribution in [0, 0.1) is 6.92 Å². The number of ether oxygens (including phenoxy) is 2. The first-order chi connectivity index (χ1) is 12.7. The minimum absolute atomic E-state index is 0.0146. The summed E-state index contributed by atoms with van der Waals surface area (Å²) in [6, 6.07) is 4.87. The largest absolute Gasteiger partial charge is 0.488 e. The number of hydrogen-bond donors (Lipinski definition) is 2. The fourth-order valence-corrected chi connectivity index (χ4v) is 2.96. The lowest BCUT2D eigenvalue weighted by molar-refractivity contribution is 0.256. The fraction of sp³-hybridized carbons (Fsp3) is 0.250. The molecule has 0 radical (unpaired) electrons. The molecular weight excluding hydrogens is 374 g/mol. The third-order valence-corrected chi connectivity index (χ3v) is 4.34. The first kappa shape index (κ1) is 20.1. The van der Waals surface area contributed by atoms with Crippen LogP contribution in [0.4, 0.5) is 10.7 Å². The number of nitrogens with zero attached hydrogens (tertiary/aromatic N) is 3. The highest BCUT2D eigenvalue weighted by atomic mass is 32.2. The standard InChI is InChI=1S/C16H19N5O5S/c1-10(2)9-26-12-7-5-6-8-13(12)27(23,24)21-15(22)19-14-17-11(3)18-16(20-14)25-4/h5-8H,1,9H2,2-4H3,(H2,17,18,19,20,21,22). The number of nitrogens with one attached hydrogen (secondary N) is 2. The van der Waals surface area contributed by atoms with Gasteiger partial charge in [0.05, 0.1) is 7.11 Å². The summed E-state index contributed by atoms with van der Waals surface area (Å²) in [5.41, 5.74) is 0.715. The number of para-hydroxylation sites is 1. The quantitative estimate of drug-likeness (QED) is 0.679. The van der Waals surface area contributed by atoms with Gasteiger partial charge in [-0.05, 0) is 31.6 Å². The van der Waals surface area contributed by atoms with E-state index in [1.54, 1.807) is 19.9 Å². The van der Waals surface area contributed by atoms with Gasteiger partial charge in [0.1, 0.15) is 23.1 Å². The number of methoxy groups -OCH3 is 1. The third-order valence-electron chi connectivity index (χ3n) is 2.97. The normalized spacial score (nSPS) is 10.8. The van der Waals surface area contributed by atoms with E-state index in [0.717, 1.165) is 0 Å². The molecular formula is C16H19N5O5S. The summed E-state index contributed by atoms with van der Waals surface area (Å²) >= 11 is 0. The zero-order valence-electron chi connectivity index (χ0n) is 15.0. The van der Waals surface area contributed by atoms with Crippen LogP contribution in [0.2, 0.25) is 0 Å². The highest BCUT2D eigenvalue weighted by molar-refractivity contribution is 7.90. The number of aromatic nitrogens is 3. The highest BCUT2D eigenvalue weighted by Gasteiger charge is 2.22. The number of urea groups is 1. The van der Waals surface area contributed by atoms with Gasteiger partial charge in [0.2, 0.25) is 5.95 Å². The van der Waals surface area contributed by atoms with Crippen molar-refractivity contribution < 1.29 is 22.7 Å². The molecule has 1 aromatic carbocycles. The van der Waals surface area contributed by atoms with Gasteiger partial charge in [-0.3, -0.25) is 5.32 Å². The van der Waals surface area contributed by atoms with Crippen molar-refractivity contribution >= 4 is 22.0 Å². The molecule has 0 atom stereocenters. The van der Waals surface area contributed by atoms with Gasteiger partial charge >= 0.3 is 12.0 Å². The minimum atomic E-state index is -4.20. The molecule has 144 valence electrons. The zero-order valence-corrected chi connectivity index (χ0v) is 15.8. The second-order valence-corrected chi connectivity index (χ2v) is 7.10. The van der Waals surface area contributed by atoms with E-state index in [-0.39, 0.29) is 29.2 Å². The molecule has 0 bridgehead atoms. The number of carbonyl (C=O) groups is 1. The van der Waals surface area contributed by atoms with E-state index < -0.39 is 16.1 Å². The maximum absolute atomic E-state index is 12.5. The zero-order chi connectivity index (χ0) is 20.0. The summed E-state index contributed by atoms with van der Waals surface area (Å²) in [5, 5.41) is 2.23. The molecule has 0 aliphatic rings. The third kappa shape index (κ3) is 5.64. The van der Waals surface area contributed by atoms with Crippen molar-refractivity contribution in [2.24, 2.45) is 0 Å². The molecule has 2 amide bonds. The van der Waals surface area contributed by atoms with E-state index in [1.807, 2.05) is 4.72 Å². The van der Waals surface area contributed by atoms with Crippen molar-refractivity contribution in [3.05, 3.63) is 42.2 Å². The highest BCUT2D eigenvalue weighted by Crippen LogP contribution is 2.23. The maximum Gasteiger partial charge on any atom is 0.335 e. The summed E-state index contributed by atoms with van der Waals surface area (Å²) < 4.78 is 37.3. The van der Waals surface area contributed by atoms with Crippen LogP contribution in [0.15, 0.2) is 41.3 Å². The molecule has 1 aromatic heterocycles. The van der Waals surface area contributed by atoms with E-state index in [1.165, 1.54) is 25.3 Å². The molecule has 1 heterocycles. The lowest BCUT2D eigenvalue weighted by Crippen LogP contribution is -2.35. The van der Waals surface area contributed by atoms with Crippen LogP contribution in [0.3, 0.4) is 0 Å². The van der Waals surface area contributed by atoms with Gasteiger partial charge in [0.25, 0.3) is 10.0 Å². The second-order valence-electron chi connectivity index (χ2n) is 5.45. The number of carbonyl (C=O) groups excluding carboxylic acids is 1. The van der Waals surface area contributed by atoms with E-state index in [2.05, 4.69) is 26.8 Å². The average Bonchev–Trinajstić information content (AvgIpc) is 2.59. The Bertz CT molecular complexity index is 961. The number of aryl methyl sites for hydroxylation is 1. The topological polar surface area (TPSA) is 132 Å². The van der Waals surface area contributed by atoms with E-state index in [0.29, 0.717) is 11.4 Å². The van der Waals surface area contributed by atoms with Crippen molar-refractivity contribution in [2.45, 2.75) is 18.7 Å². The van der Waals surface area contributed by atoms with Crippen LogP contribution < -0.4 is 19.5 Å². The van der Waals surface area contributed by atoms with Crippen LogP contribution in [-0.2, 0) is 10.0 Å². The number of anilines is 1. The minimum Gasteiger partial charge on any atom is -0.488 e. The van der Waals surface area contributed by atoms with Crippen LogP contribution in [0.5, 0.6) is 11.8 Å². The Labute approximate surface area is 156 Å². The number of sulfonamides is 1. The Balaban J connectivity index is 2.18. The molecule has 0 saturated carbocycles. The molecule has 27 heavy (non-hydrogen) atoms.